The van der Waals surface area contributed by atoms with Crippen LogP contribution in [0.5, 0.6) is 0 Å². The predicted octanol–water partition coefficient (Wildman–Crippen LogP) is 1.49. The summed E-state index contributed by atoms with van der Waals surface area (Å²) in [6.07, 6.45) is 2.44. The Bertz CT molecular complexity index is 823. The van der Waals surface area contributed by atoms with Gasteiger partial charge in [0.15, 0.2) is 0 Å². The average Bonchev–Trinajstić information content (AvgIpc) is 3.24. The van der Waals surface area contributed by atoms with Gasteiger partial charge in [-0.05, 0) is 23.6 Å². The van der Waals surface area contributed by atoms with Crippen molar-refractivity contribution < 1.29 is 23.9 Å². The first-order valence-corrected chi connectivity index (χ1v) is 9.97. The molecule has 8 nitrogen and oxygen atoms in total. The molecule has 0 unspecified atom stereocenters. The van der Waals surface area contributed by atoms with E-state index in [-0.39, 0.29) is 18.8 Å². The maximum Gasteiger partial charge on any atom is 0.326 e. The Morgan fingerprint density at radius 1 is 1.03 bits per heavy atom. The molecule has 5 N–H and O–H groups in total. The Morgan fingerprint density at radius 2 is 1.73 bits per heavy atom. The minimum atomic E-state index is -1.14. The van der Waals surface area contributed by atoms with Crippen LogP contribution in [0, 0.1) is 5.92 Å². The van der Waals surface area contributed by atoms with E-state index in [1.807, 2.05) is 19.9 Å². The van der Waals surface area contributed by atoms with Crippen molar-refractivity contribution in [1.82, 2.24) is 10.6 Å². The first-order chi connectivity index (χ1) is 14.3. The largest absolute Gasteiger partial charge is 0.480 e. The van der Waals surface area contributed by atoms with E-state index in [9.17, 15) is 19.5 Å². The number of benzene rings is 1. The molecule has 1 aromatic heterocycles. The fourth-order valence-corrected chi connectivity index (χ4v) is 3.01. The number of amides is 2. The molecular weight excluding hydrogens is 386 g/mol. The molecule has 2 amide bonds. The van der Waals surface area contributed by atoms with E-state index in [1.165, 1.54) is 6.26 Å². The minimum absolute atomic E-state index is 0.140. The second kappa shape index (κ2) is 11.2. The van der Waals surface area contributed by atoms with Gasteiger partial charge in [0.25, 0.3) is 0 Å². The molecule has 0 fully saturated rings. The number of carboxylic acids is 1. The first kappa shape index (κ1) is 23.2. The van der Waals surface area contributed by atoms with Crippen molar-refractivity contribution in [3.63, 3.8) is 0 Å². The summed E-state index contributed by atoms with van der Waals surface area (Å²) in [5, 5.41) is 14.8. The van der Waals surface area contributed by atoms with E-state index in [0.717, 1.165) is 5.56 Å². The Morgan fingerprint density at radius 3 is 2.30 bits per heavy atom. The zero-order chi connectivity index (χ0) is 22.1. The summed E-state index contributed by atoms with van der Waals surface area (Å²) in [5.74, 6) is -1.84. The van der Waals surface area contributed by atoms with Crippen molar-refractivity contribution in [3.05, 3.63) is 60.1 Å². The molecule has 0 aliphatic carbocycles. The van der Waals surface area contributed by atoms with Gasteiger partial charge in [0, 0.05) is 12.8 Å². The molecule has 0 saturated heterocycles. The molecule has 0 aliphatic rings. The molecule has 8 heteroatoms. The molecule has 162 valence electrons. The fourth-order valence-electron chi connectivity index (χ4n) is 3.01. The van der Waals surface area contributed by atoms with Crippen LogP contribution in [0.15, 0.2) is 53.1 Å². The van der Waals surface area contributed by atoms with Crippen LogP contribution < -0.4 is 16.4 Å². The highest BCUT2D eigenvalue weighted by Crippen LogP contribution is 2.11. The SMILES string of the molecule is CC[C@H](C)[C@H](NC(=O)[C@@H](N)Cc1ccco1)C(=O)N[C@@H](Cc1ccccc1)C(=O)O. The van der Waals surface area contributed by atoms with E-state index >= 15 is 0 Å². The molecular formula is C22H29N3O5. The van der Waals surface area contributed by atoms with Crippen LogP contribution in [0.4, 0.5) is 0 Å². The third kappa shape index (κ3) is 6.73. The van der Waals surface area contributed by atoms with Gasteiger partial charge in [-0.3, -0.25) is 9.59 Å². The molecule has 0 spiro atoms. The van der Waals surface area contributed by atoms with Crippen LogP contribution in [0.1, 0.15) is 31.6 Å². The highest BCUT2D eigenvalue weighted by atomic mass is 16.4. The van der Waals surface area contributed by atoms with Crippen molar-refractivity contribution in [3.8, 4) is 0 Å². The normalized spacial score (nSPS) is 14.9. The quantitative estimate of drug-likeness (QED) is 0.439. The van der Waals surface area contributed by atoms with E-state index in [4.69, 9.17) is 10.2 Å². The lowest BCUT2D eigenvalue weighted by Crippen LogP contribution is -2.57. The third-order valence-electron chi connectivity index (χ3n) is 5.03. The number of rotatable bonds is 11. The molecule has 1 aromatic carbocycles. The Labute approximate surface area is 175 Å². The van der Waals surface area contributed by atoms with Crippen LogP contribution >= 0.6 is 0 Å². The topological polar surface area (TPSA) is 135 Å². The van der Waals surface area contributed by atoms with Gasteiger partial charge in [-0.15, -0.1) is 0 Å². The Kier molecular flexibility index (Phi) is 8.61. The van der Waals surface area contributed by atoms with Crippen molar-refractivity contribution >= 4 is 17.8 Å². The maximum atomic E-state index is 12.9. The zero-order valence-corrected chi connectivity index (χ0v) is 17.2. The summed E-state index contributed by atoms with van der Waals surface area (Å²) >= 11 is 0. The molecule has 0 saturated carbocycles. The summed E-state index contributed by atoms with van der Waals surface area (Å²) in [6, 6.07) is 9.54. The molecule has 0 aliphatic heterocycles. The van der Waals surface area contributed by atoms with Gasteiger partial charge in [0.1, 0.15) is 17.8 Å². The second-order valence-electron chi connectivity index (χ2n) is 7.35. The van der Waals surface area contributed by atoms with Crippen LogP contribution in [-0.4, -0.2) is 41.0 Å². The third-order valence-corrected chi connectivity index (χ3v) is 5.03. The van der Waals surface area contributed by atoms with Crippen LogP contribution in [0.3, 0.4) is 0 Å². The summed E-state index contributed by atoms with van der Waals surface area (Å²) in [6.45, 7) is 3.70. The summed E-state index contributed by atoms with van der Waals surface area (Å²) in [7, 11) is 0. The van der Waals surface area contributed by atoms with Crippen molar-refractivity contribution in [2.24, 2.45) is 11.7 Å². The monoisotopic (exact) mass is 415 g/mol. The smallest absolute Gasteiger partial charge is 0.326 e. The number of hydrogen-bond donors (Lipinski definition) is 4. The van der Waals surface area contributed by atoms with Crippen LogP contribution in [0.25, 0.3) is 0 Å². The molecule has 0 radical (unpaired) electrons. The summed E-state index contributed by atoms with van der Waals surface area (Å²) in [4.78, 5) is 37.1. The number of hydrogen-bond acceptors (Lipinski definition) is 5. The summed E-state index contributed by atoms with van der Waals surface area (Å²) in [5.41, 5.74) is 6.74. The van der Waals surface area contributed by atoms with E-state index < -0.39 is 35.9 Å². The predicted molar refractivity (Wildman–Crippen MR) is 111 cm³/mol. The second-order valence-corrected chi connectivity index (χ2v) is 7.35. The molecule has 1 heterocycles. The number of carbonyl (C=O) groups is 3. The summed E-state index contributed by atoms with van der Waals surface area (Å²) < 4.78 is 5.21. The number of nitrogens with one attached hydrogen (secondary N) is 2. The lowest BCUT2D eigenvalue weighted by Gasteiger charge is -2.26. The van der Waals surface area contributed by atoms with Gasteiger partial charge in [-0.25, -0.2) is 4.79 Å². The number of furan rings is 1. The molecule has 2 rings (SSSR count). The average molecular weight is 415 g/mol. The van der Waals surface area contributed by atoms with Gasteiger partial charge >= 0.3 is 5.97 Å². The van der Waals surface area contributed by atoms with E-state index in [2.05, 4.69) is 10.6 Å². The standard InChI is InChI=1S/C22H29N3O5/c1-3-14(2)19(25-20(26)17(23)13-16-10-7-11-30-16)21(27)24-18(22(28)29)12-15-8-5-4-6-9-15/h4-11,14,17-19H,3,12-13,23H2,1-2H3,(H,24,27)(H,25,26)(H,28,29)/t14-,17-,18-,19-/m0/s1. The number of nitrogens with two attached hydrogens (primary N) is 1. The van der Waals surface area contributed by atoms with Gasteiger partial charge in [-0.1, -0.05) is 50.6 Å². The van der Waals surface area contributed by atoms with Gasteiger partial charge in [-0.2, -0.15) is 0 Å². The zero-order valence-electron chi connectivity index (χ0n) is 17.2. The van der Waals surface area contributed by atoms with Crippen molar-refractivity contribution in [2.75, 3.05) is 0 Å². The van der Waals surface area contributed by atoms with Crippen molar-refractivity contribution in [1.29, 1.82) is 0 Å². The van der Waals surface area contributed by atoms with Crippen LogP contribution in [0.2, 0.25) is 0 Å². The Hall–Kier alpha value is -3.13. The van der Waals surface area contributed by atoms with E-state index in [1.54, 1.807) is 36.4 Å². The lowest BCUT2D eigenvalue weighted by molar-refractivity contribution is -0.142. The molecule has 0 bridgehead atoms. The first-order valence-electron chi connectivity index (χ1n) is 9.97. The van der Waals surface area contributed by atoms with E-state index in [0.29, 0.717) is 12.2 Å². The van der Waals surface area contributed by atoms with Crippen molar-refractivity contribution in [2.45, 2.75) is 51.2 Å². The number of carboxylic acid groups (broad SMARTS) is 1. The highest BCUT2D eigenvalue weighted by Gasteiger charge is 2.31. The highest BCUT2D eigenvalue weighted by molar-refractivity contribution is 5.92. The molecule has 4 atom stereocenters. The maximum absolute atomic E-state index is 12.9. The van der Waals surface area contributed by atoms with Crippen LogP contribution in [-0.2, 0) is 27.2 Å². The molecule has 2 aromatic rings. The molecule has 30 heavy (non-hydrogen) atoms. The van der Waals surface area contributed by atoms with Gasteiger partial charge in [0.05, 0.1) is 12.3 Å². The van der Waals surface area contributed by atoms with Gasteiger partial charge in [0.2, 0.25) is 11.8 Å². The minimum Gasteiger partial charge on any atom is -0.480 e. The number of carbonyl (C=O) groups excluding carboxylic acids is 2. The number of aliphatic carboxylic acids is 1. The lowest BCUT2D eigenvalue weighted by atomic mass is 9.96. The Balaban J connectivity index is 2.05. The fraction of sp³-hybridized carbons (Fsp3) is 0.409. The van der Waals surface area contributed by atoms with Gasteiger partial charge < -0.3 is 25.9 Å².